The fourth-order valence-corrected chi connectivity index (χ4v) is 3.97. The van der Waals surface area contributed by atoms with Crippen LogP contribution in [0, 0.1) is 0 Å². The van der Waals surface area contributed by atoms with Gasteiger partial charge in [-0.2, -0.15) is 0 Å². The van der Waals surface area contributed by atoms with Crippen molar-refractivity contribution in [2.75, 3.05) is 19.0 Å². The molecule has 1 fully saturated rings. The Kier molecular flexibility index (Phi) is 9.20. The molecule has 33 heavy (non-hydrogen) atoms. The Bertz CT molecular complexity index is 975. The number of hydrogen-bond donors (Lipinski definition) is 4. The van der Waals surface area contributed by atoms with Gasteiger partial charge in [0.05, 0.1) is 48.0 Å². The van der Waals surface area contributed by atoms with Crippen LogP contribution in [0.4, 0.5) is 10.5 Å². The monoisotopic (exact) mass is 495 g/mol. The predicted molar refractivity (Wildman–Crippen MR) is 127 cm³/mol. The molecule has 2 aromatic rings. The fourth-order valence-electron chi connectivity index (χ4n) is 3.65. The first-order valence-corrected chi connectivity index (χ1v) is 11.3. The second-order valence-electron chi connectivity index (χ2n) is 7.69. The summed E-state index contributed by atoms with van der Waals surface area (Å²) in [7, 11) is 1.52. The lowest BCUT2D eigenvalue weighted by Gasteiger charge is -2.36. The lowest BCUT2D eigenvalue weighted by molar-refractivity contribution is -0.130. The number of aliphatic hydroxyl groups is 1. The Hall–Kier alpha value is -2.52. The van der Waals surface area contributed by atoms with Crippen LogP contribution in [0.1, 0.15) is 24.8 Å². The Balaban J connectivity index is 1.46. The molecule has 0 radical (unpaired) electrons. The molecule has 0 bridgehead atoms. The summed E-state index contributed by atoms with van der Waals surface area (Å²) in [5.74, 6) is 0.362. The first-order valence-electron chi connectivity index (χ1n) is 10.6. The number of carbonyl (C=O) groups is 2. The van der Waals surface area contributed by atoms with Gasteiger partial charge in [0.1, 0.15) is 11.9 Å². The van der Waals surface area contributed by atoms with Gasteiger partial charge >= 0.3 is 6.03 Å². The third-order valence-electron chi connectivity index (χ3n) is 5.35. The van der Waals surface area contributed by atoms with Crippen LogP contribution < -0.4 is 20.7 Å². The van der Waals surface area contributed by atoms with Crippen LogP contribution in [0.25, 0.3) is 0 Å². The molecule has 178 valence electrons. The van der Waals surface area contributed by atoms with Crippen molar-refractivity contribution in [3.63, 3.8) is 0 Å². The van der Waals surface area contributed by atoms with Gasteiger partial charge in [0, 0.05) is 6.54 Å². The van der Waals surface area contributed by atoms with E-state index in [9.17, 15) is 14.7 Å². The molecule has 1 saturated heterocycles. The average Bonchev–Trinajstić information content (AvgIpc) is 2.81. The van der Waals surface area contributed by atoms with Gasteiger partial charge < -0.3 is 30.5 Å². The van der Waals surface area contributed by atoms with Crippen molar-refractivity contribution in [1.82, 2.24) is 10.6 Å². The number of benzene rings is 2. The maximum atomic E-state index is 12.4. The van der Waals surface area contributed by atoms with Crippen LogP contribution >= 0.6 is 23.2 Å². The summed E-state index contributed by atoms with van der Waals surface area (Å²) in [6, 6.07) is 11.4. The van der Waals surface area contributed by atoms with Crippen molar-refractivity contribution in [3.8, 4) is 5.75 Å². The number of nitrogens with one attached hydrogen (secondary N) is 3. The second-order valence-corrected chi connectivity index (χ2v) is 8.51. The molecule has 0 unspecified atom stereocenters. The Morgan fingerprint density at radius 1 is 1.15 bits per heavy atom. The quantitative estimate of drug-likeness (QED) is 0.446. The zero-order chi connectivity index (χ0) is 23.8. The van der Waals surface area contributed by atoms with Crippen molar-refractivity contribution >= 4 is 40.8 Å². The van der Waals surface area contributed by atoms with E-state index in [2.05, 4.69) is 16.0 Å². The Morgan fingerprint density at radius 2 is 1.94 bits per heavy atom. The molecule has 8 nitrogen and oxygen atoms in total. The summed E-state index contributed by atoms with van der Waals surface area (Å²) in [4.78, 5) is 24.8. The third-order valence-corrected chi connectivity index (χ3v) is 6.09. The zero-order valence-electron chi connectivity index (χ0n) is 18.1. The number of urea groups is 1. The summed E-state index contributed by atoms with van der Waals surface area (Å²) < 4.78 is 11.1. The highest BCUT2D eigenvalue weighted by atomic mass is 35.5. The minimum atomic E-state index is -0.616. The van der Waals surface area contributed by atoms with E-state index in [1.807, 2.05) is 0 Å². The van der Waals surface area contributed by atoms with Gasteiger partial charge in [-0.3, -0.25) is 4.79 Å². The Morgan fingerprint density at radius 3 is 2.67 bits per heavy atom. The van der Waals surface area contributed by atoms with E-state index in [-0.39, 0.29) is 31.1 Å². The maximum Gasteiger partial charge on any atom is 0.319 e. The van der Waals surface area contributed by atoms with Crippen LogP contribution in [0.2, 0.25) is 10.0 Å². The molecule has 10 heteroatoms. The molecule has 3 atom stereocenters. The maximum absolute atomic E-state index is 12.4. The number of methoxy groups -OCH3 is 1. The minimum absolute atomic E-state index is 0.151. The van der Waals surface area contributed by atoms with Crippen molar-refractivity contribution in [3.05, 3.63) is 58.1 Å². The first-order chi connectivity index (χ1) is 15.9. The SMILES string of the molecule is COc1ccccc1NC(=O)N[C@@H]1CC[C@H](CC(=O)NCc2ccc(Cl)c(Cl)c2)O[C@H]1CO. The number of anilines is 1. The van der Waals surface area contributed by atoms with Crippen LogP contribution in [-0.2, 0) is 16.1 Å². The van der Waals surface area contributed by atoms with E-state index in [0.717, 1.165) is 5.56 Å². The molecular formula is C23H27Cl2N3O5. The van der Waals surface area contributed by atoms with Crippen molar-refractivity contribution in [2.24, 2.45) is 0 Å². The lowest BCUT2D eigenvalue weighted by atomic mass is 9.97. The molecule has 4 N–H and O–H groups in total. The first kappa shape index (κ1) is 25.1. The number of carbonyl (C=O) groups excluding carboxylic acids is 2. The fraction of sp³-hybridized carbons (Fsp3) is 0.391. The van der Waals surface area contributed by atoms with E-state index in [1.54, 1.807) is 42.5 Å². The predicted octanol–water partition coefficient (Wildman–Crippen LogP) is 3.74. The van der Waals surface area contributed by atoms with Crippen LogP contribution in [0.3, 0.4) is 0 Å². The number of aliphatic hydroxyl groups excluding tert-OH is 1. The summed E-state index contributed by atoms with van der Waals surface area (Å²) in [5.41, 5.74) is 1.37. The van der Waals surface area contributed by atoms with Crippen molar-refractivity contribution < 1.29 is 24.2 Å². The highest BCUT2D eigenvalue weighted by Gasteiger charge is 2.33. The number of amides is 3. The van der Waals surface area contributed by atoms with Crippen LogP contribution in [-0.4, -0.2) is 49.0 Å². The number of rotatable bonds is 8. The summed E-state index contributed by atoms with van der Waals surface area (Å²) >= 11 is 11.9. The van der Waals surface area contributed by atoms with Crippen LogP contribution in [0.5, 0.6) is 5.75 Å². The summed E-state index contributed by atoms with van der Waals surface area (Å²) in [6.45, 7) is 0.0418. The summed E-state index contributed by atoms with van der Waals surface area (Å²) in [5, 5.41) is 19.1. The number of para-hydroxylation sites is 2. The van der Waals surface area contributed by atoms with Gasteiger partial charge in [-0.1, -0.05) is 41.4 Å². The smallest absolute Gasteiger partial charge is 0.319 e. The van der Waals surface area contributed by atoms with E-state index in [4.69, 9.17) is 32.7 Å². The molecule has 1 aliphatic heterocycles. The molecule has 1 heterocycles. The van der Waals surface area contributed by atoms with Gasteiger partial charge in [-0.05, 0) is 42.7 Å². The van der Waals surface area contributed by atoms with Gasteiger partial charge in [0.15, 0.2) is 0 Å². The van der Waals surface area contributed by atoms with E-state index in [1.165, 1.54) is 7.11 Å². The Labute approximate surface area is 202 Å². The molecule has 1 aliphatic rings. The molecule has 0 aliphatic carbocycles. The van der Waals surface area contributed by atoms with Crippen molar-refractivity contribution in [1.29, 1.82) is 0 Å². The molecule has 3 amide bonds. The van der Waals surface area contributed by atoms with Crippen LogP contribution in [0.15, 0.2) is 42.5 Å². The minimum Gasteiger partial charge on any atom is -0.495 e. The van der Waals surface area contributed by atoms with E-state index >= 15 is 0 Å². The van der Waals surface area contributed by atoms with E-state index < -0.39 is 12.1 Å². The van der Waals surface area contributed by atoms with Crippen molar-refractivity contribution in [2.45, 2.75) is 44.1 Å². The number of hydrogen-bond acceptors (Lipinski definition) is 5. The third kappa shape index (κ3) is 7.23. The molecule has 0 saturated carbocycles. The topological polar surface area (TPSA) is 109 Å². The molecule has 3 rings (SSSR count). The zero-order valence-corrected chi connectivity index (χ0v) is 19.7. The second kappa shape index (κ2) is 12.1. The molecule has 0 spiro atoms. The average molecular weight is 496 g/mol. The van der Waals surface area contributed by atoms with Gasteiger partial charge in [-0.25, -0.2) is 4.79 Å². The lowest BCUT2D eigenvalue weighted by Crippen LogP contribution is -2.52. The van der Waals surface area contributed by atoms with Gasteiger partial charge in [0.2, 0.25) is 5.91 Å². The largest absolute Gasteiger partial charge is 0.495 e. The molecular weight excluding hydrogens is 469 g/mol. The summed E-state index contributed by atoms with van der Waals surface area (Å²) in [6.07, 6.45) is 0.310. The number of halogens is 2. The van der Waals surface area contributed by atoms with Gasteiger partial charge in [0.25, 0.3) is 0 Å². The molecule has 2 aromatic carbocycles. The standard InChI is InChI=1S/C23H27Cl2N3O5/c1-32-20-5-3-2-4-18(20)27-23(31)28-19-9-7-15(33-21(19)13-29)11-22(30)26-12-14-6-8-16(24)17(25)10-14/h2-6,8,10,15,19,21,29H,7,9,11-13H2,1H3,(H,26,30)(H2,27,28,31)/t15-,19-,21+/m1/s1. The highest BCUT2D eigenvalue weighted by Crippen LogP contribution is 2.25. The normalized spacial score (nSPS) is 20.1. The van der Waals surface area contributed by atoms with E-state index in [0.29, 0.717) is 40.9 Å². The van der Waals surface area contributed by atoms with Gasteiger partial charge in [-0.15, -0.1) is 0 Å². The number of ether oxygens (including phenoxy) is 2. The molecule has 0 aromatic heterocycles. The highest BCUT2D eigenvalue weighted by molar-refractivity contribution is 6.42.